The zero-order valence-corrected chi connectivity index (χ0v) is 12.1. The van der Waals surface area contributed by atoms with E-state index in [0.717, 1.165) is 0 Å². The molecule has 0 aromatic heterocycles. The zero-order chi connectivity index (χ0) is 14.7. The SMILES string of the molecule is CC(=O)OCCC(CO)SC(CO)CCOC(C)=O. The molecular weight excluding hydrogens is 272 g/mol. The molecule has 0 bridgehead atoms. The highest BCUT2D eigenvalue weighted by atomic mass is 32.2. The maximum Gasteiger partial charge on any atom is 0.302 e. The Morgan fingerprint density at radius 1 is 0.947 bits per heavy atom. The van der Waals surface area contributed by atoms with E-state index in [4.69, 9.17) is 9.47 Å². The van der Waals surface area contributed by atoms with E-state index in [1.54, 1.807) is 0 Å². The van der Waals surface area contributed by atoms with E-state index in [0.29, 0.717) is 12.8 Å². The average Bonchev–Trinajstić information content (AvgIpc) is 2.34. The Labute approximate surface area is 117 Å². The first kappa shape index (κ1) is 18.2. The standard InChI is InChI=1S/C12H22O6S/c1-9(15)17-5-3-11(7-13)19-12(8-14)4-6-18-10(2)16/h11-14H,3-8H2,1-2H3. The first-order chi connectivity index (χ1) is 8.99. The van der Waals surface area contributed by atoms with E-state index >= 15 is 0 Å². The molecule has 19 heavy (non-hydrogen) atoms. The number of aliphatic hydroxyl groups is 2. The summed E-state index contributed by atoms with van der Waals surface area (Å²) in [6, 6.07) is 0. The lowest BCUT2D eigenvalue weighted by Crippen LogP contribution is -2.21. The summed E-state index contributed by atoms with van der Waals surface area (Å²) in [4.78, 5) is 21.2. The third kappa shape index (κ3) is 10.8. The second kappa shape index (κ2) is 11.1. The number of esters is 2. The van der Waals surface area contributed by atoms with Gasteiger partial charge in [0.1, 0.15) is 0 Å². The van der Waals surface area contributed by atoms with Crippen molar-refractivity contribution < 1.29 is 29.3 Å². The highest BCUT2D eigenvalue weighted by molar-refractivity contribution is 8.00. The first-order valence-corrected chi connectivity index (χ1v) is 7.07. The van der Waals surface area contributed by atoms with Crippen LogP contribution in [0.15, 0.2) is 0 Å². The Bertz CT molecular complexity index is 245. The van der Waals surface area contributed by atoms with Gasteiger partial charge in [0.2, 0.25) is 0 Å². The van der Waals surface area contributed by atoms with E-state index in [-0.39, 0.29) is 48.9 Å². The maximum atomic E-state index is 10.6. The zero-order valence-electron chi connectivity index (χ0n) is 11.3. The Balaban J connectivity index is 3.94. The Morgan fingerprint density at radius 3 is 1.58 bits per heavy atom. The fraction of sp³-hybridized carbons (Fsp3) is 0.833. The molecule has 0 amide bonds. The van der Waals surface area contributed by atoms with Crippen molar-refractivity contribution in [3.05, 3.63) is 0 Å². The second-order valence-corrected chi connectivity index (χ2v) is 5.61. The van der Waals surface area contributed by atoms with Gasteiger partial charge >= 0.3 is 11.9 Å². The van der Waals surface area contributed by atoms with Crippen molar-refractivity contribution in [1.29, 1.82) is 0 Å². The van der Waals surface area contributed by atoms with E-state index in [1.807, 2.05) is 0 Å². The van der Waals surface area contributed by atoms with Crippen molar-refractivity contribution in [2.45, 2.75) is 37.2 Å². The minimum atomic E-state index is -0.352. The number of rotatable bonds is 10. The van der Waals surface area contributed by atoms with Crippen molar-refractivity contribution >= 4 is 23.7 Å². The number of hydrogen-bond acceptors (Lipinski definition) is 7. The van der Waals surface area contributed by atoms with Crippen LogP contribution < -0.4 is 0 Å². The van der Waals surface area contributed by atoms with Crippen molar-refractivity contribution in [3.8, 4) is 0 Å². The van der Waals surface area contributed by atoms with Gasteiger partial charge in [-0.25, -0.2) is 0 Å². The monoisotopic (exact) mass is 294 g/mol. The largest absolute Gasteiger partial charge is 0.466 e. The Hall–Kier alpha value is -0.790. The van der Waals surface area contributed by atoms with Crippen LogP contribution in [0.4, 0.5) is 0 Å². The molecule has 0 saturated heterocycles. The third-order valence-corrected chi connectivity index (χ3v) is 3.82. The van der Waals surface area contributed by atoms with Crippen LogP contribution >= 0.6 is 11.8 Å². The normalized spacial score (nSPS) is 13.7. The lowest BCUT2D eigenvalue weighted by molar-refractivity contribution is -0.142. The van der Waals surface area contributed by atoms with Gasteiger partial charge in [0.05, 0.1) is 26.4 Å². The average molecular weight is 294 g/mol. The molecule has 2 unspecified atom stereocenters. The smallest absolute Gasteiger partial charge is 0.302 e. The van der Waals surface area contributed by atoms with Crippen LogP contribution in [0.2, 0.25) is 0 Å². The van der Waals surface area contributed by atoms with Gasteiger partial charge in [-0.3, -0.25) is 9.59 Å². The first-order valence-electron chi connectivity index (χ1n) is 6.13. The highest BCUT2D eigenvalue weighted by Crippen LogP contribution is 2.22. The van der Waals surface area contributed by atoms with Crippen molar-refractivity contribution in [1.82, 2.24) is 0 Å². The van der Waals surface area contributed by atoms with Gasteiger partial charge in [0.25, 0.3) is 0 Å². The van der Waals surface area contributed by atoms with Gasteiger partial charge in [-0.1, -0.05) is 0 Å². The summed E-state index contributed by atoms with van der Waals surface area (Å²) in [6.07, 6.45) is 1.04. The van der Waals surface area contributed by atoms with E-state index in [1.165, 1.54) is 25.6 Å². The molecule has 0 saturated carbocycles. The fourth-order valence-electron chi connectivity index (χ4n) is 1.35. The molecule has 0 spiro atoms. The summed E-state index contributed by atoms with van der Waals surface area (Å²) < 4.78 is 9.61. The van der Waals surface area contributed by atoms with Crippen LogP contribution in [0.3, 0.4) is 0 Å². The van der Waals surface area contributed by atoms with Gasteiger partial charge in [0, 0.05) is 24.3 Å². The summed E-state index contributed by atoms with van der Waals surface area (Å²) in [5.41, 5.74) is 0. The predicted octanol–water partition coefficient (Wildman–Crippen LogP) is 0.348. The number of carbonyl (C=O) groups is 2. The van der Waals surface area contributed by atoms with Gasteiger partial charge in [-0.2, -0.15) is 11.8 Å². The van der Waals surface area contributed by atoms with Crippen molar-refractivity contribution in [2.75, 3.05) is 26.4 Å². The predicted molar refractivity (Wildman–Crippen MR) is 71.8 cm³/mol. The van der Waals surface area contributed by atoms with E-state index in [9.17, 15) is 19.8 Å². The number of aliphatic hydroxyl groups excluding tert-OH is 2. The molecule has 0 aliphatic rings. The van der Waals surface area contributed by atoms with Crippen LogP contribution in [0, 0.1) is 0 Å². The third-order valence-electron chi connectivity index (χ3n) is 2.28. The lowest BCUT2D eigenvalue weighted by Gasteiger charge is -2.20. The molecule has 0 rings (SSSR count). The minimum absolute atomic E-state index is 0.0595. The molecule has 0 fully saturated rings. The molecule has 0 aromatic carbocycles. The molecule has 6 nitrogen and oxygen atoms in total. The molecule has 0 aliphatic carbocycles. The molecule has 2 atom stereocenters. The van der Waals surface area contributed by atoms with Crippen molar-refractivity contribution in [2.24, 2.45) is 0 Å². The van der Waals surface area contributed by atoms with Gasteiger partial charge in [0.15, 0.2) is 0 Å². The number of hydrogen-bond donors (Lipinski definition) is 2. The quantitative estimate of drug-likeness (QED) is 0.561. The summed E-state index contributed by atoms with van der Waals surface area (Å²) in [7, 11) is 0. The molecule has 2 N–H and O–H groups in total. The highest BCUT2D eigenvalue weighted by Gasteiger charge is 2.16. The van der Waals surface area contributed by atoms with Gasteiger partial charge in [-0.15, -0.1) is 0 Å². The number of ether oxygens (including phenoxy) is 2. The van der Waals surface area contributed by atoms with Crippen LogP contribution in [0.5, 0.6) is 0 Å². The molecule has 0 aromatic rings. The summed E-state index contributed by atoms with van der Waals surface area (Å²) >= 11 is 1.41. The second-order valence-electron chi connectivity index (χ2n) is 4.00. The Kier molecular flexibility index (Phi) is 10.6. The summed E-state index contributed by atoms with van der Waals surface area (Å²) in [6.45, 7) is 3.03. The van der Waals surface area contributed by atoms with Gasteiger partial charge < -0.3 is 19.7 Å². The molecule has 0 radical (unpaired) electrons. The topological polar surface area (TPSA) is 93.1 Å². The van der Waals surface area contributed by atoms with Crippen molar-refractivity contribution in [3.63, 3.8) is 0 Å². The summed E-state index contributed by atoms with van der Waals surface area (Å²) in [5.74, 6) is -0.703. The Morgan fingerprint density at radius 2 is 1.32 bits per heavy atom. The molecule has 0 aliphatic heterocycles. The van der Waals surface area contributed by atoms with E-state index < -0.39 is 0 Å². The maximum absolute atomic E-state index is 10.6. The molecule has 112 valence electrons. The van der Waals surface area contributed by atoms with Crippen LogP contribution in [-0.2, 0) is 19.1 Å². The summed E-state index contributed by atoms with van der Waals surface area (Å²) in [5, 5.41) is 18.2. The lowest BCUT2D eigenvalue weighted by atomic mass is 10.3. The van der Waals surface area contributed by atoms with Crippen LogP contribution in [0.1, 0.15) is 26.7 Å². The van der Waals surface area contributed by atoms with Crippen LogP contribution in [0.25, 0.3) is 0 Å². The minimum Gasteiger partial charge on any atom is -0.466 e. The van der Waals surface area contributed by atoms with E-state index in [2.05, 4.69) is 0 Å². The molecule has 7 heteroatoms. The molecule has 0 heterocycles. The number of carbonyl (C=O) groups excluding carboxylic acids is 2. The fourth-order valence-corrected chi connectivity index (χ4v) is 2.53. The van der Waals surface area contributed by atoms with Gasteiger partial charge in [-0.05, 0) is 12.8 Å². The van der Waals surface area contributed by atoms with Crippen LogP contribution in [-0.4, -0.2) is 59.1 Å². The molecular formula is C12H22O6S. The number of thioether (sulfide) groups is 1.